The summed E-state index contributed by atoms with van der Waals surface area (Å²) in [6, 6.07) is 16.9. The summed E-state index contributed by atoms with van der Waals surface area (Å²) in [5, 5.41) is 9.78. The Morgan fingerprint density at radius 3 is 2.81 bits per heavy atom. The zero-order valence-corrected chi connectivity index (χ0v) is 15.9. The van der Waals surface area contributed by atoms with Crippen LogP contribution in [0.1, 0.15) is 6.42 Å². The zero-order chi connectivity index (χ0) is 18.8. The molecule has 27 heavy (non-hydrogen) atoms. The Morgan fingerprint density at radius 2 is 2.04 bits per heavy atom. The molecule has 1 saturated heterocycles. The molecule has 2 amide bonds. The van der Waals surface area contributed by atoms with Gasteiger partial charge in [-0.15, -0.1) is 0 Å². The van der Waals surface area contributed by atoms with E-state index in [1.807, 2.05) is 54.6 Å². The van der Waals surface area contributed by atoms with Crippen LogP contribution in [-0.2, 0) is 9.59 Å². The predicted octanol–water partition coefficient (Wildman–Crippen LogP) is 3.83. The Bertz CT molecular complexity index is 987. The molecule has 1 atom stereocenters. The van der Waals surface area contributed by atoms with E-state index in [9.17, 15) is 9.59 Å². The monoisotopic (exact) mass is 424 g/mol. The van der Waals surface area contributed by atoms with Gasteiger partial charge < -0.3 is 10.2 Å². The number of aromatic amines is 1. The molecule has 6 nitrogen and oxygen atoms in total. The molecule has 0 unspecified atom stereocenters. The highest BCUT2D eigenvalue weighted by Crippen LogP contribution is 2.31. The minimum atomic E-state index is -0.389. The first-order valence-corrected chi connectivity index (χ1v) is 9.36. The molecular formula is C20H17BrN4O2. The number of carbonyl (C=O) groups is 2. The van der Waals surface area contributed by atoms with Crippen molar-refractivity contribution in [3.63, 3.8) is 0 Å². The standard InChI is InChI=1S/C20H17BrN4O2/c21-16-6-1-2-7-18(16)25-12-14(11-19(25)26)20(27)23-15-5-3-4-13(10-15)17-8-9-22-24-17/h1-10,14H,11-12H2,(H,22,24)(H,23,27)/t14-/m0/s1. The smallest absolute Gasteiger partial charge is 0.229 e. The molecule has 136 valence electrons. The quantitative estimate of drug-likeness (QED) is 0.667. The van der Waals surface area contributed by atoms with Gasteiger partial charge in [-0.1, -0.05) is 24.3 Å². The molecule has 2 N–H and O–H groups in total. The first kappa shape index (κ1) is 17.5. The van der Waals surface area contributed by atoms with Crippen LogP contribution in [0.25, 0.3) is 11.3 Å². The first-order chi connectivity index (χ1) is 13.1. The fourth-order valence-corrected chi connectivity index (χ4v) is 3.71. The van der Waals surface area contributed by atoms with Crippen molar-refractivity contribution in [2.75, 3.05) is 16.8 Å². The summed E-state index contributed by atoms with van der Waals surface area (Å²) in [6.45, 7) is 0.369. The predicted molar refractivity (Wildman–Crippen MR) is 107 cm³/mol. The normalized spacial score (nSPS) is 16.6. The van der Waals surface area contributed by atoms with Crippen LogP contribution in [0.5, 0.6) is 0 Å². The van der Waals surface area contributed by atoms with Crippen LogP contribution in [0, 0.1) is 5.92 Å². The minimum absolute atomic E-state index is 0.0479. The van der Waals surface area contributed by atoms with Crippen molar-refractivity contribution in [1.29, 1.82) is 0 Å². The van der Waals surface area contributed by atoms with Crippen molar-refractivity contribution in [1.82, 2.24) is 10.2 Å². The number of aromatic nitrogens is 2. The van der Waals surface area contributed by atoms with E-state index in [4.69, 9.17) is 0 Å². The third-order valence-corrected chi connectivity index (χ3v) is 5.25. The molecule has 0 radical (unpaired) electrons. The summed E-state index contributed by atoms with van der Waals surface area (Å²) in [4.78, 5) is 26.8. The van der Waals surface area contributed by atoms with Crippen LogP contribution in [0.4, 0.5) is 11.4 Å². The molecule has 0 aliphatic carbocycles. The lowest BCUT2D eigenvalue weighted by Gasteiger charge is -2.18. The van der Waals surface area contributed by atoms with Gasteiger partial charge in [0.15, 0.2) is 0 Å². The van der Waals surface area contributed by atoms with Crippen LogP contribution in [0.3, 0.4) is 0 Å². The van der Waals surface area contributed by atoms with E-state index in [1.54, 1.807) is 11.1 Å². The average molecular weight is 425 g/mol. The lowest BCUT2D eigenvalue weighted by Crippen LogP contribution is -2.28. The molecule has 0 bridgehead atoms. The molecule has 4 rings (SSSR count). The van der Waals surface area contributed by atoms with Crippen LogP contribution >= 0.6 is 15.9 Å². The van der Waals surface area contributed by atoms with Gasteiger partial charge in [0.25, 0.3) is 0 Å². The third kappa shape index (κ3) is 3.64. The van der Waals surface area contributed by atoms with Gasteiger partial charge in [-0.2, -0.15) is 5.10 Å². The molecule has 2 aromatic carbocycles. The molecule has 0 saturated carbocycles. The number of carbonyl (C=O) groups excluding carboxylic acids is 2. The lowest BCUT2D eigenvalue weighted by molar-refractivity contribution is -0.122. The number of amides is 2. The Labute approximate surface area is 164 Å². The van der Waals surface area contributed by atoms with Gasteiger partial charge in [0.2, 0.25) is 11.8 Å². The number of hydrogen-bond acceptors (Lipinski definition) is 3. The second-order valence-corrected chi connectivity index (χ2v) is 7.25. The van der Waals surface area contributed by atoms with E-state index in [-0.39, 0.29) is 24.2 Å². The van der Waals surface area contributed by atoms with E-state index >= 15 is 0 Å². The summed E-state index contributed by atoms with van der Waals surface area (Å²) < 4.78 is 0.840. The maximum absolute atomic E-state index is 12.7. The number of para-hydroxylation sites is 1. The van der Waals surface area contributed by atoms with E-state index in [2.05, 4.69) is 31.4 Å². The van der Waals surface area contributed by atoms with Crippen molar-refractivity contribution >= 4 is 39.1 Å². The highest BCUT2D eigenvalue weighted by atomic mass is 79.9. The third-order valence-electron chi connectivity index (χ3n) is 4.58. The number of anilines is 2. The van der Waals surface area contributed by atoms with Crippen molar-refractivity contribution in [2.24, 2.45) is 5.92 Å². The summed E-state index contributed by atoms with van der Waals surface area (Å²) in [5.74, 6) is -0.589. The summed E-state index contributed by atoms with van der Waals surface area (Å²) in [5.41, 5.74) is 3.29. The van der Waals surface area contributed by atoms with E-state index in [0.717, 1.165) is 21.4 Å². The molecule has 7 heteroatoms. The summed E-state index contributed by atoms with van der Waals surface area (Å²) in [7, 11) is 0. The van der Waals surface area contributed by atoms with Crippen molar-refractivity contribution in [2.45, 2.75) is 6.42 Å². The first-order valence-electron chi connectivity index (χ1n) is 8.57. The molecule has 1 aliphatic rings. The minimum Gasteiger partial charge on any atom is -0.326 e. The van der Waals surface area contributed by atoms with Gasteiger partial charge in [0.05, 0.1) is 17.3 Å². The van der Waals surface area contributed by atoms with E-state index < -0.39 is 0 Å². The fraction of sp³-hybridized carbons (Fsp3) is 0.150. The number of H-pyrrole nitrogens is 1. The molecule has 1 aromatic heterocycles. The van der Waals surface area contributed by atoms with Crippen LogP contribution in [0.15, 0.2) is 65.3 Å². The highest BCUT2D eigenvalue weighted by molar-refractivity contribution is 9.10. The van der Waals surface area contributed by atoms with Gasteiger partial charge in [0.1, 0.15) is 0 Å². The van der Waals surface area contributed by atoms with Gasteiger partial charge in [-0.05, 0) is 46.3 Å². The Hall–Kier alpha value is -2.93. The summed E-state index contributed by atoms with van der Waals surface area (Å²) >= 11 is 3.47. The van der Waals surface area contributed by atoms with Crippen LogP contribution in [0.2, 0.25) is 0 Å². The molecule has 0 spiro atoms. The largest absolute Gasteiger partial charge is 0.326 e. The number of nitrogens with one attached hydrogen (secondary N) is 2. The Kier molecular flexibility index (Phi) is 4.77. The highest BCUT2D eigenvalue weighted by Gasteiger charge is 2.35. The van der Waals surface area contributed by atoms with E-state index in [0.29, 0.717) is 12.2 Å². The molecule has 1 fully saturated rings. The maximum Gasteiger partial charge on any atom is 0.229 e. The number of benzene rings is 2. The second-order valence-electron chi connectivity index (χ2n) is 6.40. The molecule has 1 aliphatic heterocycles. The van der Waals surface area contributed by atoms with Crippen LogP contribution < -0.4 is 10.2 Å². The Morgan fingerprint density at radius 1 is 1.19 bits per heavy atom. The lowest BCUT2D eigenvalue weighted by atomic mass is 10.1. The average Bonchev–Trinajstić information content (AvgIpc) is 3.32. The Balaban J connectivity index is 1.47. The zero-order valence-electron chi connectivity index (χ0n) is 14.4. The number of halogens is 1. The second kappa shape index (κ2) is 7.36. The molecule has 2 heterocycles. The number of hydrogen-bond donors (Lipinski definition) is 2. The number of nitrogens with zero attached hydrogens (tertiary/aromatic N) is 2. The fourth-order valence-electron chi connectivity index (χ4n) is 3.21. The molecular weight excluding hydrogens is 408 g/mol. The number of rotatable bonds is 4. The van der Waals surface area contributed by atoms with Crippen molar-refractivity contribution < 1.29 is 9.59 Å². The van der Waals surface area contributed by atoms with Crippen molar-refractivity contribution in [3.8, 4) is 11.3 Å². The maximum atomic E-state index is 12.7. The van der Waals surface area contributed by atoms with E-state index in [1.165, 1.54) is 0 Å². The summed E-state index contributed by atoms with van der Waals surface area (Å²) in [6.07, 6.45) is 1.88. The SMILES string of the molecule is O=C(Nc1cccc(-c2ccn[nH]2)c1)[C@H]1CC(=O)N(c2ccccc2Br)C1. The van der Waals surface area contributed by atoms with Gasteiger partial charge in [-0.25, -0.2) is 0 Å². The van der Waals surface area contributed by atoms with Gasteiger partial charge in [-0.3, -0.25) is 14.7 Å². The van der Waals surface area contributed by atoms with Crippen molar-refractivity contribution in [3.05, 3.63) is 65.3 Å². The van der Waals surface area contributed by atoms with Gasteiger partial charge >= 0.3 is 0 Å². The van der Waals surface area contributed by atoms with Gasteiger partial charge in [0, 0.05) is 34.9 Å². The molecule has 3 aromatic rings. The topological polar surface area (TPSA) is 78.1 Å². The van der Waals surface area contributed by atoms with Crippen LogP contribution in [-0.4, -0.2) is 28.6 Å².